The topological polar surface area (TPSA) is 74.8 Å². The predicted molar refractivity (Wildman–Crippen MR) is 73.2 cm³/mol. The van der Waals surface area contributed by atoms with Crippen LogP contribution in [0.3, 0.4) is 0 Å². The zero-order valence-electron chi connectivity index (χ0n) is 11.6. The first-order chi connectivity index (χ1) is 9.60. The first-order valence-electron chi connectivity index (χ1n) is 6.35. The molecule has 2 rings (SSSR count). The zero-order valence-corrected chi connectivity index (χ0v) is 11.6. The quantitative estimate of drug-likeness (QED) is 0.878. The molecule has 0 aromatic carbocycles. The second kappa shape index (κ2) is 6.33. The van der Waals surface area contributed by atoms with Crippen LogP contribution in [0.5, 0.6) is 0 Å². The molecule has 1 N–H and O–H groups in total. The van der Waals surface area contributed by atoms with Gasteiger partial charge >= 0.3 is 6.03 Å². The van der Waals surface area contributed by atoms with Gasteiger partial charge in [0.05, 0.1) is 13.3 Å². The van der Waals surface area contributed by atoms with E-state index in [0.29, 0.717) is 18.8 Å². The van der Waals surface area contributed by atoms with Crippen molar-refractivity contribution >= 4 is 17.6 Å². The van der Waals surface area contributed by atoms with E-state index in [4.69, 9.17) is 4.74 Å². The largest absolute Gasteiger partial charge is 0.383 e. The Morgan fingerprint density at radius 1 is 1.55 bits per heavy atom. The summed E-state index contributed by atoms with van der Waals surface area (Å²) in [6, 6.07) is 3.20. The Balaban J connectivity index is 1.92. The fourth-order valence-electron chi connectivity index (χ4n) is 1.96. The summed E-state index contributed by atoms with van der Waals surface area (Å²) in [6.45, 7) is 3.19. The van der Waals surface area contributed by atoms with E-state index in [2.05, 4.69) is 10.3 Å². The molecule has 0 bridgehead atoms. The van der Waals surface area contributed by atoms with Crippen molar-refractivity contribution in [2.45, 2.75) is 6.92 Å². The number of pyridine rings is 1. The summed E-state index contributed by atoms with van der Waals surface area (Å²) >= 11 is 0. The standard InChI is InChI=1S/C13H18N4O3/c1-10-7-11(3-4-14-10)15-13(19)17-8-12(18)16(9-17)5-6-20-2/h3-4,7H,5-6,8-9H2,1-2H3,(H,14,15,19). The van der Waals surface area contributed by atoms with Crippen LogP contribution in [-0.4, -0.2) is 60.2 Å². The Morgan fingerprint density at radius 3 is 3.05 bits per heavy atom. The van der Waals surface area contributed by atoms with Crippen molar-refractivity contribution in [2.24, 2.45) is 0 Å². The maximum absolute atomic E-state index is 12.1. The fraction of sp³-hybridized carbons (Fsp3) is 0.462. The Bertz CT molecular complexity index is 506. The lowest BCUT2D eigenvalue weighted by Gasteiger charge is -2.18. The molecular weight excluding hydrogens is 260 g/mol. The number of aryl methyl sites for hydroxylation is 1. The Morgan fingerprint density at radius 2 is 2.35 bits per heavy atom. The molecule has 3 amide bonds. The normalized spacial score (nSPS) is 14.8. The highest BCUT2D eigenvalue weighted by Crippen LogP contribution is 2.11. The van der Waals surface area contributed by atoms with Crippen molar-refractivity contribution in [3.63, 3.8) is 0 Å². The molecule has 0 aliphatic carbocycles. The maximum atomic E-state index is 12.1. The molecule has 1 saturated heterocycles. The third-order valence-electron chi connectivity index (χ3n) is 3.02. The Labute approximate surface area is 117 Å². The van der Waals surface area contributed by atoms with Gasteiger partial charge in [0, 0.05) is 31.2 Å². The number of hydrogen-bond acceptors (Lipinski definition) is 4. The predicted octanol–water partition coefficient (Wildman–Crippen LogP) is 0.670. The van der Waals surface area contributed by atoms with E-state index in [0.717, 1.165) is 5.69 Å². The number of aromatic nitrogens is 1. The summed E-state index contributed by atoms with van der Waals surface area (Å²) in [5, 5.41) is 2.76. The molecule has 1 aromatic rings. The smallest absolute Gasteiger partial charge is 0.323 e. The fourth-order valence-corrected chi connectivity index (χ4v) is 1.96. The first kappa shape index (κ1) is 14.3. The van der Waals surface area contributed by atoms with E-state index in [1.54, 1.807) is 30.3 Å². The number of methoxy groups -OCH3 is 1. The third-order valence-corrected chi connectivity index (χ3v) is 3.02. The van der Waals surface area contributed by atoms with Crippen LogP contribution in [0.25, 0.3) is 0 Å². The van der Waals surface area contributed by atoms with Gasteiger partial charge in [0.1, 0.15) is 6.54 Å². The van der Waals surface area contributed by atoms with Gasteiger partial charge in [0.15, 0.2) is 0 Å². The Kier molecular flexibility index (Phi) is 4.52. The van der Waals surface area contributed by atoms with Crippen molar-refractivity contribution < 1.29 is 14.3 Å². The molecule has 1 aliphatic rings. The third kappa shape index (κ3) is 3.45. The maximum Gasteiger partial charge on any atom is 0.323 e. The van der Waals surface area contributed by atoms with E-state index < -0.39 is 0 Å². The van der Waals surface area contributed by atoms with Gasteiger partial charge in [-0.3, -0.25) is 14.7 Å². The number of ether oxygens (including phenoxy) is 1. The molecular formula is C13H18N4O3. The number of nitrogens with zero attached hydrogens (tertiary/aromatic N) is 3. The van der Waals surface area contributed by atoms with Crippen LogP contribution >= 0.6 is 0 Å². The average Bonchev–Trinajstić information content (AvgIpc) is 2.78. The minimum Gasteiger partial charge on any atom is -0.383 e. The van der Waals surface area contributed by atoms with E-state index in [1.807, 2.05) is 6.92 Å². The summed E-state index contributed by atoms with van der Waals surface area (Å²) in [5.74, 6) is -0.0666. The van der Waals surface area contributed by atoms with Crippen molar-refractivity contribution in [1.29, 1.82) is 0 Å². The number of rotatable bonds is 4. The van der Waals surface area contributed by atoms with E-state index in [9.17, 15) is 9.59 Å². The van der Waals surface area contributed by atoms with Crippen LogP contribution in [0.2, 0.25) is 0 Å². The number of carbonyl (C=O) groups excluding carboxylic acids is 2. The van der Waals surface area contributed by atoms with Crippen LogP contribution < -0.4 is 5.32 Å². The molecule has 0 saturated carbocycles. The summed E-state index contributed by atoms with van der Waals surface area (Å²) in [4.78, 5) is 30.9. The summed E-state index contributed by atoms with van der Waals surface area (Å²) in [6.07, 6.45) is 1.63. The van der Waals surface area contributed by atoms with Crippen LogP contribution in [0.15, 0.2) is 18.3 Å². The van der Waals surface area contributed by atoms with Crippen molar-refractivity contribution in [2.75, 3.05) is 38.8 Å². The average molecular weight is 278 g/mol. The lowest BCUT2D eigenvalue weighted by Crippen LogP contribution is -2.35. The number of urea groups is 1. The number of amides is 3. The van der Waals surface area contributed by atoms with Gasteiger partial charge in [-0.2, -0.15) is 0 Å². The van der Waals surface area contributed by atoms with Crippen LogP contribution in [0, 0.1) is 6.92 Å². The van der Waals surface area contributed by atoms with Crippen molar-refractivity contribution in [3.8, 4) is 0 Å². The summed E-state index contributed by atoms with van der Waals surface area (Å²) < 4.78 is 4.94. The van der Waals surface area contributed by atoms with Gasteiger partial charge in [-0.25, -0.2) is 4.79 Å². The summed E-state index contributed by atoms with van der Waals surface area (Å²) in [5.41, 5.74) is 1.49. The molecule has 0 spiro atoms. The van der Waals surface area contributed by atoms with Crippen LogP contribution in [-0.2, 0) is 9.53 Å². The first-order valence-corrected chi connectivity index (χ1v) is 6.35. The van der Waals surface area contributed by atoms with Gasteiger partial charge in [-0.1, -0.05) is 0 Å². The lowest BCUT2D eigenvalue weighted by atomic mass is 10.3. The SMILES string of the molecule is COCCN1CN(C(=O)Nc2ccnc(C)c2)CC1=O. The molecule has 20 heavy (non-hydrogen) atoms. The van der Waals surface area contributed by atoms with Gasteiger partial charge in [-0.15, -0.1) is 0 Å². The monoisotopic (exact) mass is 278 g/mol. The second-order valence-electron chi connectivity index (χ2n) is 4.61. The minimum absolute atomic E-state index is 0.0666. The minimum atomic E-state index is -0.288. The molecule has 1 aromatic heterocycles. The molecule has 0 atom stereocenters. The molecule has 7 heteroatoms. The molecule has 0 unspecified atom stereocenters. The second-order valence-corrected chi connectivity index (χ2v) is 4.61. The van der Waals surface area contributed by atoms with E-state index in [-0.39, 0.29) is 25.2 Å². The van der Waals surface area contributed by atoms with Gasteiger partial charge in [0.2, 0.25) is 5.91 Å². The molecule has 2 heterocycles. The highest BCUT2D eigenvalue weighted by Gasteiger charge is 2.30. The molecule has 7 nitrogen and oxygen atoms in total. The highest BCUT2D eigenvalue weighted by atomic mass is 16.5. The number of nitrogens with one attached hydrogen (secondary N) is 1. The lowest BCUT2D eigenvalue weighted by molar-refractivity contribution is -0.127. The van der Waals surface area contributed by atoms with Crippen molar-refractivity contribution in [1.82, 2.24) is 14.8 Å². The molecule has 1 aliphatic heterocycles. The summed E-state index contributed by atoms with van der Waals surface area (Å²) in [7, 11) is 1.58. The Hall–Kier alpha value is -2.15. The van der Waals surface area contributed by atoms with E-state index >= 15 is 0 Å². The number of anilines is 1. The van der Waals surface area contributed by atoms with Crippen LogP contribution in [0.4, 0.5) is 10.5 Å². The number of carbonyl (C=O) groups is 2. The highest BCUT2D eigenvalue weighted by molar-refractivity contribution is 5.94. The van der Waals surface area contributed by atoms with Crippen molar-refractivity contribution in [3.05, 3.63) is 24.0 Å². The zero-order chi connectivity index (χ0) is 14.5. The van der Waals surface area contributed by atoms with Gasteiger partial charge in [0.25, 0.3) is 0 Å². The van der Waals surface area contributed by atoms with Crippen LogP contribution in [0.1, 0.15) is 5.69 Å². The number of hydrogen-bond donors (Lipinski definition) is 1. The molecule has 108 valence electrons. The van der Waals surface area contributed by atoms with E-state index in [1.165, 1.54) is 4.90 Å². The van der Waals surface area contributed by atoms with Gasteiger partial charge in [-0.05, 0) is 19.1 Å². The molecule has 0 radical (unpaired) electrons. The molecule has 1 fully saturated rings. The van der Waals surface area contributed by atoms with Gasteiger partial charge < -0.3 is 15.0 Å².